The first-order valence-corrected chi connectivity index (χ1v) is 4.44. The molecule has 72 valence electrons. The van der Waals surface area contributed by atoms with Crippen LogP contribution in [0.5, 0.6) is 0 Å². The molecule has 1 unspecified atom stereocenters. The van der Waals surface area contributed by atoms with Gasteiger partial charge < -0.3 is 5.11 Å². The molecule has 1 atom stereocenters. The van der Waals surface area contributed by atoms with Crippen LogP contribution >= 0.6 is 0 Å². The van der Waals surface area contributed by atoms with Crippen molar-refractivity contribution >= 4 is 0 Å². The smallest absolute Gasteiger partial charge is 0.0677 e. The molecule has 0 spiro atoms. The van der Waals surface area contributed by atoms with Gasteiger partial charge in [-0.2, -0.15) is 0 Å². The van der Waals surface area contributed by atoms with Gasteiger partial charge in [-0.1, -0.05) is 0 Å². The van der Waals surface area contributed by atoms with Crippen molar-refractivity contribution in [1.29, 1.82) is 0 Å². The summed E-state index contributed by atoms with van der Waals surface area (Å²) in [4.78, 5) is 0. The molecule has 1 rings (SSSR count). The van der Waals surface area contributed by atoms with Gasteiger partial charge in [-0.05, 0) is 33.7 Å². The Hall–Kier alpha value is -0.160. The van der Waals surface area contributed by atoms with Crippen molar-refractivity contribution < 1.29 is 5.11 Å². The molecule has 0 aromatic heterocycles. The summed E-state index contributed by atoms with van der Waals surface area (Å²) < 4.78 is 0. The molecule has 0 amide bonds. The van der Waals surface area contributed by atoms with Crippen LogP contribution in [0, 0.1) is 0 Å². The van der Waals surface area contributed by atoms with Crippen LogP contribution in [0.1, 0.15) is 26.7 Å². The number of aliphatic hydroxyl groups is 1. The second kappa shape index (κ2) is 3.70. The van der Waals surface area contributed by atoms with Crippen LogP contribution in [0.2, 0.25) is 0 Å². The van der Waals surface area contributed by atoms with Crippen LogP contribution in [-0.4, -0.2) is 30.0 Å². The van der Waals surface area contributed by atoms with Crippen molar-refractivity contribution in [2.24, 2.45) is 0 Å². The molecule has 0 saturated heterocycles. The lowest BCUT2D eigenvalue weighted by molar-refractivity contribution is -0.0424. The van der Waals surface area contributed by atoms with E-state index in [2.05, 4.69) is 16.2 Å². The minimum atomic E-state index is -0.434. The minimum absolute atomic E-state index is 0.246. The Morgan fingerprint density at radius 3 is 2.50 bits per heavy atom. The third kappa shape index (κ3) is 2.71. The number of nitrogens with one attached hydrogen (secondary N) is 3. The van der Waals surface area contributed by atoms with Crippen molar-refractivity contribution in [2.75, 3.05) is 7.05 Å². The first kappa shape index (κ1) is 9.92. The van der Waals surface area contributed by atoms with Crippen LogP contribution in [-0.2, 0) is 0 Å². The lowest BCUT2D eigenvalue weighted by Gasteiger charge is -2.42. The van der Waals surface area contributed by atoms with Crippen molar-refractivity contribution in [3.05, 3.63) is 0 Å². The largest absolute Gasteiger partial charge is 0.390 e. The molecule has 0 aliphatic heterocycles. The molecule has 4 N–H and O–H groups in total. The first-order valence-electron chi connectivity index (χ1n) is 4.44. The molecule has 0 aromatic rings. The highest BCUT2D eigenvalue weighted by atomic mass is 16.3. The highest BCUT2D eigenvalue weighted by Gasteiger charge is 2.38. The van der Waals surface area contributed by atoms with Gasteiger partial charge in [0.25, 0.3) is 0 Å². The lowest BCUT2D eigenvalue weighted by Crippen LogP contribution is -2.58. The Kier molecular flexibility index (Phi) is 3.06. The van der Waals surface area contributed by atoms with E-state index >= 15 is 0 Å². The number of hydrazine groups is 1. The van der Waals surface area contributed by atoms with Gasteiger partial charge in [0.2, 0.25) is 0 Å². The van der Waals surface area contributed by atoms with Gasteiger partial charge in [-0.25, -0.2) is 5.43 Å². The Morgan fingerprint density at radius 2 is 2.08 bits per heavy atom. The van der Waals surface area contributed by atoms with E-state index in [9.17, 15) is 5.11 Å². The standard InChI is InChI=1S/C8H19N3O/c1-6(11-9-3)10-7-4-8(2,12)5-7/h6-7,9-12H,4-5H2,1-3H3. The van der Waals surface area contributed by atoms with E-state index < -0.39 is 5.60 Å². The van der Waals surface area contributed by atoms with Gasteiger partial charge in [0.15, 0.2) is 0 Å². The quantitative estimate of drug-likeness (QED) is 0.344. The maximum atomic E-state index is 9.45. The number of rotatable bonds is 4. The summed E-state index contributed by atoms with van der Waals surface area (Å²) in [6.45, 7) is 3.92. The zero-order valence-corrected chi connectivity index (χ0v) is 8.02. The summed E-state index contributed by atoms with van der Waals surface area (Å²) in [5.74, 6) is 0. The Bertz CT molecular complexity index is 141. The second-order valence-corrected chi connectivity index (χ2v) is 3.88. The molecule has 12 heavy (non-hydrogen) atoms. The summed E-state index contributed by atoms with van der Waals surface area (Å²) in [5, 5.41) is 12.8. The van der Waals surface area contributed by atoms with Crippen molar-refractivity contribution in [1.82, 2.24) is 16.2 Å². The van der Waals surface area contributed by atoms with E-state index in [0.717, 1.165) is 12.8 Å². The van der Waals surface area contributed by atoms with Crippen LogP contribution in [0.15, 0.2) is 0 Å². The van der Waals surface area contributed by atoms with Crippen molar-refractivity contribution in [2.45, 2.75) is 44.5 Å². The molecule has 1 fully saturated rings. The average molecular weight is 173 g/mol. The zero-order valence-electron chi connectivity index (χ0n) is 8.02. The predicted octanol–water partition coefficient (Wildman–Crippen LogP) is -0.441. The van der Waals surface area contributed by atoms with Crippen LogP contribution in [0.3, 0.4) is 0 Å². The zero-order chi connectivity index (χ0) is 9.19. The van der Waals surface area contributed by atoms with E-state index in [0.29, 0.717) is 6.04 Å². The van der Waals surface area contributed by atoms with Crippen LogP contribution in [0.4, 0.5) is 0 Å². The summed E-state index contributed by atoms with van der Waals surface area (Å²) in [6, 6.07) is 0.454. The highest BCUT2D eigenvalue weighted by Crippen LogP contribution is 2.31. The van der Waals surface area contributed by atoms with Gasteiger partial charge in [-0.15, -0.1) is 0 Å². The average Bonchev–Trinajstić information content (AvgIpc) is 1.83. The van der Waals surface area contributed by atoms with Crippen LogP contribution < -0.4 is 16.2 Å². The Labute approximate surface area is 73.7 Å². The fourth-order valence-electron chi connectivity index (χ4n) is 1.73. The second-order valence-electron chi connectivity index (χ2n) is 3.88. The van der Waals surface area contributed by atoms with Crippen LogP contribution in [0.25, 0.3) is 0 Å². The Balaban J connectivity index is 2.10. The molecule has 1 aliphatic carbocycles. The summed E-state index contributed by atoms with van der Waals surface area (Å²) in [7, 11) is 1.84. The Morgan fingerprint density at radius 1 is 1.50 bits per heavy atom. The first-order chi connectivity index (χ1) is 5.53. The van der Waals surface area contributed by atoms with Crippen molar-refractivity contribution in [3.8, 4) is 0 Å². The highest BCUT2D eigenvalue weighted by molar-refractivity contribution is 4.95. The van der Waals surface area contributed by atoms with Gasteiger partial charge in [0.05, 0.1) is 11.8 Å². The van der Waals surface area contributed by atoms with Gasteiger partial charge in [0, 0.05) is 6.04 Å². The predicted molar refractivity (Wildman–Crippen MR) is 48.4 cm³/mol. The molecular weight excluding hydrogens is 154 g/mol. The summed E-state index contributed by atoms with van der Waals surface area (Å²) in [5.41, 5.74) is 5.46. The van der Waals surface area contributed by atoms with E-state index in [-0.39, 0.29) is 6.17 Å². The topological polar surface area (TPSA) is 56.3 Å². The van der Waals surface area contributed by atoms with E-state index in [1.165, 1.54) is 0 Å². The molecule has 0 radical (unpaired) electrons. The number of hydrogen-bond acceptors (Lipinski definition) is 4. The fourth-order valence-corrected chi connectivity index (χ4v) is 1.73. The third-order valence-corrected chi connectivity index (χ3v) is 2.22. The molecule has 4 heteroatoms. The van der Waals surface area contributed by atoms with Gasteiger partial charge in [0.1, 0.15) is 0 Å². The summed E-state index contributed by atoms with van der Waals surface area (Å²) in [6.07, 6.45) is 1.95. The SMILES string of the molecule is CNNC(C)NC1CC(C)(O)C1. The molecule has 4 nitrogen and oxygen atoms in total. The monoisotopic (exact) mass is 173 g/mol. The normalized spacial score (nSPS) is 37.5. The van der Waals surface area contributed by atoms with E-state index in [1.54, 1.807) is 0 Å². The van der Waals surface area contributed by atoms with E-state index in [1.807, 2.05) is 20.9 Å². The van der Waals surface area contributed by atoms with Crippen molar-refractivity contribution in [3.63, 3.8) is 0 Å². The van der Waals surface area contributed by atoms with Gasteiger partial charge in [-0.3, -0.25) is 10.7 Å². The maximum absolute atomic E-state index is 9.45. The maximum Gasteiger partial charge on any atom is 0.0677 e. The molecule has 0 heterocycles. The third-order valence-electron chi connectivity index (χ3n) is 2.22. The molecular formula is C8H19N3O. The minimum Gasteiger partial charge on any atom is -0.390 e. The molecule has 0 aromatic carbocycles. The molecule has 1 saturated carbocycles. The molecule has 1 aliphatic rings. The summed E-state index contributed by atoms with van der Waals surface area (Å²) >= 11 is 0. The molecule has 0 bridgehead atoms. The van der Waals surface area contributed by atoms with Gasteiger partial charge >= 0.3 is 0 Å². The fraction of sp³-hybridized carbons (Fsp3) is 1.00. The lowest BCUT2D eigenvalue weighted by atomic mass is 9.77. The number of hydrogen-bond donors (Lipinski definition) is 4. The van der Waals surface area contributed by atoms with E-state index in [4.69, 9.17) is 0 Å².